The van der Waals surface area contributed by atoms with Crippen molar-refractivity contribution in [1.29, 1.82) is 0 Å². The van der Waals surface area contributed by atoms with Gasteiger partial charge in [0.25, 0.3) is 5.91 Å². The number of amides is 1. The topological polar surface area (TPSA) is 117 Å². The number of carbonyl (C=O) groups excluding carboxylic acids is 3. The number of aliphatic hydroxyl groups is 2. The number of nitrogens with zero attached hydrogens (tertiary/aromatic N) is 2. The van der Waals surface area contributed by atoms with E-state index in [9.17, 15) is 24.6 Å². The lowest BCUT2D eigenvalue weighted by Crippen LogP contribution is -2.45. The molecule has 2 aliphatic rings. The molecule has 2 N–H and O–H groups in total. The fourth-order valence-electron chi connectivity index (χ4n) is 5.92. The fraction of sp³-hybridized carbons (Fsp3) is 0.613. The molecular formula is C31H42N2O6S2. The molecule has 4 heterocycles. The van der Waals surface area contributed by atoms with Gasteiger partial charge in [0, 0.05) is 17.7 Å². The average molecular weight is 603 g/mol. The Morgan fingerprint density at radius 1 is 1.17 bits per heavy atom. The predicted octanol–water partition coefficient (Wildman–Crippen LogP) is 5.27. The molecule has 2 aromatic rings. The molecule has 0 spiro atoms. The van der Waals surface area contributed by atoms with Crippen LogP contribution in [0.4, 0.5) is 0 Å². The maximum absolute atomic E-state index is 13.4. The zero-order valence-corrected chi connectivity index (χ0v) is 26.3. The lowest BCUT2D eigenvalue weighted by atomic mass is 9.73. The maximum atomic E-state index is 13.4. The average Bonchev–Trinajstić information content (AvgIpc) is 3.25. The first kappa shape index (κ1) is 31.5. The number of thiazole rings is 1. The van der Waals surface area contributed by atoms with Crippen molar-refractivity contribution in [2.75, 3.05) is 0 Å². The van der Waals surface area contributed by atoms with Gasteiger partial charge in [0.2, 0.25) is 0 Å². The van der Waals surface area contributed by atoms with Crippen molar-refractivity contribution in [3.63, 3.8) is 0 Å². The number of fused-ring (bicyclic) bond motifs is 1. The van der Waals surface area contributed by atoms with Crippen LogP contribution in [0, 0.1) is 24.2 Å². The van der Waals surface area contributed by atoms with E-state index in [1.807, 2.05) is 54.6 Å². The number of esters is 1. The molecule has 10 heteroatoms. The number of aliphatic hydroxyl groups excluding tert-OH is 2. The number of carbonyl (C=O) groups is 3. The number of rotatable bonds is 3. The molecule has 7 atom stereocenters. The molecule has 41 heavy (non-hydrogen) atoms. The lowest BCUT2D eigenvalue weighted by molar-refractivity contribution is -0.154. The second kappa shape index (κ2) is 12.9. The van der Waals surface area contributed by atoms with Crippen LogP contribution in [0.1, 0.15) is 87.1 Å². The van der Waals surface area contributed by atoms with Crippen molar-refractivity contribution in [1.82, 2.24) is 9.88 Å². The van der Waals surface area contributed by atoms with E-state index in [0.717, 1.165) is 29.1 Å². The highest BCUT2D eigenvalue weighted by Gasteiger charge is 2.52. The third kappa shape index (κ3) is 7.16. The quantitative estimate of drug-likeness (QED) is 0.363. The van der Waals surface area contributed by atoms with E-state index in [1.54, 1.807) is 20.8 Å². The van der Waals surface area contributed by atoms with Gasteiger partial charge in [-0.05, 0) is 55.7 Å². The highest BCUT2D eigenvalue weighted by molar-refractivity contribution is 7.12. The van der Waals surface area contributed by atoms with E-state index in [4.69, 9.17) is 4.74 Å². The van der Waals surface area contributed by atoms with Gasteiger partial charge in [0.1, 0.15) is 11.9 Å². The minimum Gasteiger partial charge on any atom is -0.458 e. The van der Waals surface area contributed by atoms with E-state index in [0.29, 0.717) is 17.7 Å². The number of aromatic nitrogens is 1. The first-order valence-corrected chi connectivity index (χ1v) is 16.1. The Bertz CT molecular complexity index is 1270. The molecule has 4 rings (SSSR count). The largest absolute Gasteiger partial charge is 0.458 e. The Hall–Kier alpha value is -2.40. The van der Waals surface area contributed by atoms with Crippen LogP contribution in [0.3, 0.4) is 0 Å². The van der Waals surface area contributed by atoms with E-state index < -0.39 is 35.6 Å². The first-order chi connectivity index (χ1) is 19.3. The summed E-state index contributed by atoms with van der Waals surface area (Å²) in [6.45, 7) is 10.7. The number of hydrogen-bond donors (Lipinski definition) is 2. The number of cyclic esters (lactones) is 1. The van der Waals surface area contributed by atoms with Gasteiger partial charge in [-0.15, -0.1) is 22.7 Å². The van der Waals surface area contributed by atoms with E-state index in [1.165, 1.54) is 22.7 Å². The summed E-state index contributed by atoms with van der Waals surface area (Å²) in [5, 5.41) is 26.8. The van der Waals surface area contributed by atoms with Gasteiger partial charge in [-0.1, -0.05) is 40.2 Å². The molecule has 2 saturated heterocycles. The van der Waals surface area contributed by atoms with Crippen molar-refractivity contribution in [2.24, 2.45) is 17.3 Å². The van der Waals surface area contributed by atoms with Gasteiger partial charge in [-0.2, -0.15) is 0 Å². The molecule has 0 bridgehead atoms. The summed E-state index contributed by atoms with van der Waals surface area (Å²) in [5.41, 5.74) is 0.328. The van der Waals surface area contributed by atoms with Gasteiger partial charge >= 0.3 is 5.97 Å². The molecule has 2 aliphatic heterocycles. The summed E-state index contributed by atoms with van der Waals surface area (Å²) in [7, 11) is 0. The molecule has 224 valence electrons. The van der Waals surface area contributed by atoms with E-state index in [2.05, 4.69) is 4.98 Å². The number of hydrogen-bond acceptors (Lipinski definition) is 9. The van der Waals surface area contributed by atoms with Crippen molar-refractivity contribution >= 4 is 46.4 Å². The third-order valence-electron chi connectivity index (χ3n) is 8.78. The van der Waals surface area contributed by atoms with Crippen LogP contribution < -0.4 is 0 Å². The smallest absolute Gasteiger partial charge is 0.309 e. The van der Waals surface area contributed by atoms with Gasteiger partial charge in [0.05, 0.1) is 51.7 Å². The highest BCUT2D eigenvalue weighted by Crippen LogP contribution is 2.41. The summed E-state index contributed by atoms with van der Waals surface area (Å²) in [6, 6.07) is 3.56. The Morgan fingerprint density at radius 2 is 1.90 bits per heavy atom. The van der Waals surface area contributed by atoms with Crippen molar-refractivity contribution in [3.8, 4) is 0 Å². The summed E-state index contributed by atoms with van der Waals surface area (Å²) < 4.78 is 5.98. The summed E-state index contributed by atoms with van der Waals surface area (Å²) >= 11 is 2.94. The van der Waals surface area contributed by atoms with E-state index in [-0.39, 0.29) is 36.1 Å². The first-order valence-electron chi connectivity index (χ1n) is 14.4. The standard InChI is InChI=1S/C31H42N2O6S2/c1-17-9-7-10-22-23(33(22)30(38)25-11-8-12-40-25)14-24(18(2)13-21-16-41-20(4)32-21)39-27(35)15-26(34)31(5,6)29(37)19(3)28(17)36/h8,11-13,16-17,19,22-24,26,28,34,36H,7,9-10,14-15H2,1-6H3/t17-,19+,22+,23-,24-,26-,28-,33?/m0/s1. The van der Waals surface area contributed by atoms with Crippen molar-refractivity contribution in [2.45, 2.75) is 104 Å². The number of ether oxygens (including phenoxy) is 1. The van der Waals surface area contributed by atoms with Crippen LogP contribution in [-0.4, -0.2) is 68.2 Å². The maximum Gasteiger partial charge on any atom is 0.309 e. The number of thiophene rings is 1. The van der Waals surface area contributed by atoms with Crippen LogP contribution in [0.25, 0.3) is 6.08 Å². The zero-order chi connectivity index (χ0) is 30.1. The molecule has 0 saturated carbocycles. The van der Waals surface area contributed by atoms with Crippen molar-refractivity contribution in [3.05, 3.63) is 44.0 Å². The van der Waals surface area contributed by atoms with Gasteiger partial charge in [0.15, 0.2) is 0 Å². The molecular weight excluding hydrogens is 560 g/mol. The lowest BCUT2D eigenvalue weighted by Gasteiger charge is -2.34. The summed E-state index contributed by atoms with van der Waals surface area (Å²) in [5.74, 6) is -1.78. The number of Topliss-reactive ketones (excluding diaryl/α,β-unsaturated/α-hetero) is 1. The van der Waals surface area contributed by atoms with Gasteiger partial charge in [-0.25, -0.2) is 4.98 Å². The van der Waals surface area contributed by atoms with Crippen molar-refractivity contribution < 1.29 is 29.3 Å². The predicted molar refractivity (Wildman–Crippen MR) is 161 cm³/mol. The van der Waals surface area contributed by atoms with Crippen LogP contribution in [-0.2, 0) is 14.3 Å². The normalized spacial score (nSPS) is 31.9. The zero-order valence-electron chi connectivity index (χ0n) is 24.7. The monoisotopic (exact) mass is 602 g/mol. The molecule has 0 aliphatic carbocycles. The molecule has 2 fully saturated rings. The minimum absolute atomic E-state index is 0.0130. The fourth-order valence-corrected chi connectivity index (χ4v) is 7.16. The molecule has 0 unspecified atom stereocenters. The van der Waals surface area contributed by atoms with Gasteiger partial charge in [-0.3, -0.25) is 14.4 Å². The Morgan fingerprint density at radius 3 is 2.54 bits per heavy atom. The second-order valence-electron chi connectivity index (χ2n) is 12.2. The molecule has 0 aromatic carbocycles. The Balaban J connectivity index is 1.65. The van der Waals surface area contributed by atoms with Gasteiger partial charge < -0.3 is 19.8 Å². The van der Waals surface area contributed by atoms with E-state index >= 15 is 0 Å². The summed E-state index contributed by atoms with van der Waals surface area (Å²) in [6.07, 6.45) is 1.41. The van der Waals surface area contributed by atoms with Crippen LogP contribution >= 0.6 is 22.7 Å². The number of aryl methyl sites for hydroxylation is 1. The van der Waals surface area contributed by atoms with Crippen LogP contribution in [0.2, 0.25) is 0 Å². The van der Waals surface area contributed by atoms with Crippen LogP contribution in [0.15, 0.2) is 28.5 Å². The molecule has 1 amide bonds. The van der Waals surface area contributed by atoms with Crippen LogP contribution in [0.5, 0.6) is 0 Å². The molecule has 2 aromatic heterocycles. The summed E-state index contributed by atoms with van der Waals surface area (Å²) in [4.78, 5) is 47.1. The molecule has 8 nitrogen and oxygen atoms in total. The Labute approximate surface area is 250 Å². The SMILES string of the molecule is CC(=Cc1csc(C)n1)[C@@H]1C[C@H]2[C@@H](CCC[C@H](C)[C@H](O)[C@@H](C)C(=O)C(C)(C)[C@@H](O)CC(=O)O1)N2C(=O)c1cccs1. The second-order valence-corrected chi connectivity index (χ2v) is 14.2. The Kier molecular flexibility index (Phi) is 9.89. The molecule has 0 radical (unpaired) electrons. The third-order valence-corrected chi connectivity index (χ3v) is 10.4. The number of ketones is 1. The highest BCUT2D eigenvalue weighted by atomic mass is 32.1. The minimum atomic E-state index is -1.28.